The summed E-state index contributed by atoms with van der Waals surface area (Å²) in [7, 11) is -2.93. The van der Waals surface area contributed by atoms with Gasteiger partial charge < -0.3 is 18.9 Å². The Kier molecular flexibility index (Phi) is 10.0. The van der Waals surface area contributed by atoms with Gasteiger partial charge in [0, 0.05) is 0 Å². The molecule has 0 rings (SSSR count). The monoisotopic (exact) mass is 286 g/mol. The quantitative estimate of drug-likeness (QED) is 0.374. The maximum atomic E-state index is 11.0. The van der Waals surface area contributed by atoms with Crippen molar-refractivity contribution < 1.29 is 42.1 Å². The molecule has 0 spiro atoms. The first-order valence-corrected chi connectivity index (χ1v) is 6.21. The minimum atomic E-state index is -2.93. The lowest BCUT2D eigenvalue weighted by molar-refractivity contribution is -0.0142. The summed E-state index contributed by atoms with van der Waals surface area (Å²) in [5.74, 6) is 0. The van der Waals surface area contributed by atoms with E-state index in [0.717, 1.165) is 0 Å². The van der Waals surface area contributed by atoms with E-state index >= 15 is 0 Å². The van der Waals surface area contributed by atoms with Crippen LogP contribution in [0.2, 0.25) is 0 Å². The van der Waals surface area contributed by atoms with Crippen molar-refractivity contribution >= 4 is 20.6 Å². The first kappa shape index (κ1) is 16.7. The van der Waals surface area contributed by atoms with Crippen molar-refractivity contribution in [1.82, 2.24) is 0 Å². The smallest absolute Gasteiger partial charge is 0.435 e. The van der Waals surface area contributed by atoms with E-state index in [1.807, 2.05) is 0 Å². The van der Waals surface area contributed by atoms with Gasteiger partial charge in [-0.15, -0.1) is 0 Å². The number of rotatable bonds is 8. The molecule has 0 fully saturated rings. The van der Waals surface area contributed by atoms with Crippen LogP contribution in [0.5, 0.6) is 0 Å². The van der Waals surface area contributed by atoms with Gasteiger partial charge in [0.15, 0.2) is 0 Å². The summed E-state index contributed by atoms with van der Waals surface area (Å²) in [6, 6.07) is 0. The molecule has 0 aromatic heterocycles. The Morgan fingerprint density at radius 3 is 1.56 bits per heavy atom. The standard InChI is InChI=1S/C8H15O9P/c1-3-12-7(9)14-5-16-18(11)17-6-15-8(10)13-4-2/h18H,3-6H2,1-2H3. The average molecular weight is 286 g/mol. The lowest BCUT2D eigenvalue weighted by Gasteiger charge is -2.07. The third-order valence-corrected chi connectivity index (χ3v) is 1.94. The molecule has 0 aromatic carbocycles. The van der Waals surface area contributed by atoms with Gasteiger partial charge in [-0.3, -0.25) is 13.6 Å². The van der Waals surface area contributed by atoms with E-state index in [1.165, 1.54) is 0 Å². The van der Waals surface area contributed by atoms with Crippen molar-refractivity contribution in [2.45, 2.75) is 13.8 Å². The molecule has 0 atom stereocenters. The molecule has 0 N–H and O–H groups in total. The van der Waals surface area contributed by atoms with Crippen molar-refractivity contribution in [3.63, 3.8) is 0 Å². The fourth-order valence-electron chi connectivity index (χ4n) is 0.612. The highest BCUT2D eigenvalue weighted by atomic mass is 31.1. The molecule has 10 heteroatoms. The van der Waals surface area contributed by atoms with E-state index in [0.29, 0.717) is 0 Å². The second kappa shape index (κ2) is 10.8. The van der Waals surface area contributed by atoms with Gasteiger partial charge in [-0.25, -0.2) is 9.59 Å². The summed E-state index contributed by atoms with van der Waals surface area (Å²) in [4.78, 5) is 21.3. The summed E-state index contributed by atoms with van der Waals surface area (Å²) >= 11 is 0. The fourth-order valence-corrected chi connectivity index (χ4v) is 1.01. The third-order valence-electron chi connectivity index (χ3n) is 1.23. The van der Waals surface area contributed by atoms with E-state index in [2.05, 4.69) is 28.0 Å². The summed E-state index contributed by atoms with van der Waals surface area (Å²) in [5.41, 5.74) is 0. The van der Waals surface area contributed by atoms with Gasteiger partial charge in [-0.2, -0.15) is 0 Å². The van der Waals surface area contributed by atoms with E-state index in [9.17, 15) is 14.2 Å². The molecule has 9 nitrogen and oxygen atoms in total. The fraction of sp³-hybridized carbons (Fsp3) is 0.750. The largest absolute Gasteiger partial charge is 0.510 e. The Balaban J connectivity index is 3.48. The van der Waals surface area contributed by atoms with Crippen molar-refractivity contribution in [1.29, 1.82) is 0 Å². The molecule has 0 radical (unpaired) electrons. The van der Waals surface area contributed by atoms with E-state index < -0.39 is 34.2 Å². The highest BCUT2D eigenvalue weighted by Crippen LogP contribution is 2.23. The van der Waals surface area contributed by atoms with Gasteiger partial charge in [0.25, 0.3) is 0 Å². The number of hydrogen-bond acceptors (Lipinski definition) is 9. The normalized spacial score (nSPS) is 9.94. The second-order valence-corrected chi connectivity index (χ2v) is 3.51. The van der Waals surface area contributed by atoms with Crippen molar-refractivity contribution in [3.05, 3.63) is 0 Å². The third kappa shape index (κ3) is 9.88. The summed E-state index contributed by atoms with van der Waals surface area (Å²) in [6.45, 7) is 2.32. The van der Waals surface area contributed by atoms with Crippen LogP contribution in [0.3, 0.4) is 0 Å². The number of hydrogen-bond donors (Lipinski definition) is 0. The highest BCUT2D eigenvalue weighted by molar-refractivity contribution is 7.33. The van der Waals surface area contributed by atoms with Crippen molar-refractivity contribution in [2.24, 2.45) is 0 Å². The van der Waals surface area contributed by atoms with E-state index in [1.54, 1.807) is 13.8 Å². The van der Waals surface area contributed by atoms with Gasteiger partial charge in [-0.05, 0) is 13.8 Å². The van der Waals surface area contributed by atoms with Crippen LogP contribution in [0.15, 0.2) is 0 Å². The molecule has 0 saturated heterocycles. The zero-order chi connectivity index (χ0) is 13.8. The van der Waals surface area contributed by atoms with Crippen molar-refractivity contribution in [2.75, 3.05) is 26.8 Å². The van der Waals surface area contributed by atoms with Crippen LogP contribution >= 0.6 is 8.25 Å². The minimum Gasteiger partial charge on any atom is -0.435 e. The topological polar surface area (TPSA) is 107 Å². The van der Waals surface area contributed by atoms with Gasteiger partial charge in [0.1, 0.15) is 0 Å². The van der Waals surface area contributed by atoms with Crippen LogP contribution in [-0.4, -0.2) is 39.1 Å². The average Bonchev–Trinajstić information content (AvgIpc) is 2.29. The Hall–Kier alpha value is -1.31. The minimum absolute atomic E-state index is 0.151. The van der Waals surface area contributed by atoms with Gasteiger partial charge >= 0.3 is 20.6 Å². The summed E-state index contributed by atoms with van der Waals surface area (Å²) in [5, 5.41) is 0. The number of ether oxygens (including phenoxy) is 4. The Labute approximate surface area is 104 Å². The lowest BCUT2D eigenvalue weighted by atomic mass is 10.9. The molecule has 0 saturated carbocycles. The Bertz CT molecular complexity index is 254. The maximum Gasteiger partial charge on any atom is 0.510 e. The van der Waals surface area contributed by atoms with Crippen LogP contribution in [0.4, 0.5) is 9.59 Å². The maximum absolute atomic E-state index is 11.0. The molecule has 0 amide bonds. The van der Waals surface area contributed by atoms with Gasteiger partial charge in [0.05, 0.1) is 13.2 Å². The molecule has 106 valence electrons. The predicted octanol–water partition coefficient (Wildman–Crippen LogP) is 1.67. The SMILES string of the molecule is CCOC(=O)OCO[PH](=O)OCOC(=O)OCC. The number of carbonyl (C=O) groups excluding carboxylic acids is 2. The molecule has 0 aromatic rings. The molecule has 0 aliphatic rings. The van der Waals surface area contributed by atoms with Crippen LogP contribution < -0.4 is 0 Å². The Morgan fingerprint density at radius 1 is 0.833 bits per heavy atom. The molecular weight excluding hydrogens is 271 g/mol. The second-order valence-electron chi connectivity index (χ2n) is 2.43. The van der Waals surface area contributed by atoms with E-state index in [-0.39, 0.29) is 13.2 Å². The summed E-state index contributed by atoms with van der Waals surface area (Å²) < 4.78 is 37.4. The molecular formula is C8H15O9P. The van der Waals surface area contributed by atoms with Crippen LogP contribution in [-0.2, 0) is 32.6 Å². The van der Waals surface area contributed by atoms with Crippen molar-refractivity contribution in [3.8, 4) is 0 Å². The predicted molar refractivity (Wildman–Crippen MR) is 57.1 cm³/mol. The molecule has 0 unspecified atom stereocenters. The van der Waals surface area contributed by atoms with Gasteiger partial charge in [0.2, 0.25) is 13.6 Å². The molecule has 0 aliphatic heterocycles. The molecule has 18 heavy (non-hydrogen) atoms. The van der Waals surface area contributed by atoms with E-state index in [4.69, 9.17) is 0 Å². The zero-order valence-corrected chi connectivity index (χ0v) is 11.0. The first-order valence-electron chi connectivity index (χ1n) is 4.98. The molecule has 0 aliphatic carbocycles. The van der Waals surface area contributed by atoms with Crippen LogP contribution in [0.1, 0.15) is 13.8 Å². The lowest BCUT2D eigenvalue weighted by Crippen LogP contribution is -2.10. The summed E-state index contributed by atoms with van der Waals surface area (Å²) in [6.07, 6.45) is -1.90. The molecule has 0 heterocycles. The highest BCUT2D eigenvalue weighted by Gasteiger charge is 2.07. The molecule has 0 bridgehead atoms. The first-order chi connectivity index (χ1) is 8.60. The number of carbonyl (C=O) groups is 2. The van der Waals surface area contributed by atoms with Gasteiger partial charge in [-0.1, -0.05) is 0 Å². The van der Waals surface area contributed by atoms with Crippen LogP contribution in [0.25, 0.3) is 0 Å². The van der Waals surface area contributed by atoms with Crippen LogP contribution in [0, 0.1) is 0 Å². The zero-order valence-electron chi connectivity index (χ0n) is 10.0. The Morgan fingerprint density at radius 2 is 1.22 bits per heavy atom.